The SMILES string of the molecule is COc1cc(Cl)c(Cl)c(Cl)c1N1CCN(C(=O)OC(C)(C)C)C(C(=O)O)C1. The number of ether oxygens (including phenoxy) is 2. The molecule has 27 heavy (non-hydrogen) atoms. The summed E-state index contributed by atoms with van der Waals surface area (Å²) >= 11 is 18.5. The largest absolute Gasteiger partial charge is 0.494 e. The number of carboxylic acid groups (broad SMARTS) is 1. The summed E-state index contributed by atoms with van der Waals surface area (Å²) in [6.45, 7) is 5.59. The highest BCUT2D eigenvalue weighted by Crippen LogP contribution is 2.45. The van der Waals surface area contributed by atoms with Crippen molar-refractivity contribution in [2.24, 2.45) is 0 Å². The summed E-state index contributed by atoms with van der Waals surface area (Å²) in [5, 5.41) is 10.2. The van der Waals surface area contributed by atoms with Crippen LogP contribution in [0.3, 0.4) is 0 Å². The Kier molecular flexibility index (Phi) is 6.60. The lowest BCUT2D eigenvalue weighted by atomic mass is 10.1. The van der Waals surface area contributed by atoms with Gasteiger partial charge in [0.1, 0.15) is 23.1 Å². The van der Waals surface area contributed by atoms with Crippen molar-refractivity contribution in [2.75, 3.05) is 31.6 Å². The monoisotopic (exact) mass is 438 g/mol. The van der Waals surface area contributed by atoms with Crippen molar-refractivity contribution in [3.63, 3.8) is 0 Å². The van der Waals surface area contributed by atoms with E-state index in [4.69, 9.17) is 44.3 Å². The molecule has 7 nitrogen and oxygen atoms in total. The van der Waals surface area contributed by atoms with Gasteiger partial charge in [0.15, 0.2) is 0 Å². The van der Waals surface area contributed by atoms with Crippen LogP contribution in [0.25, 0.3) is 0 Å². The van der Waals surface area contributed by atoms with E-state index in [-0.39, 0.29) is 28.2 Å². The average molecular weight is 440 g/mol. The first kappa shape index (κ1) is 21.7. The summed E-state index contributed by atoms with van der Waals surface area (Å²) in [6.07, 6.45) is -0.679. The third-order valence-corrected chi connectivity index (χ3v) is 5.18. The van der Waals surface area contributed by atoms with Gasteiger partial charge in [0, 0.05) is 25.7 Å². The predicted octanol–water partition coefficient (Wildman–Crippen LogP) is 4.17. The number of amides is 1. The summed E-state index contributed by atoms with van der Waals surface area (Å²) in [4.78, 5) is 27.1. The van der Waals surface area contributed by atoms with Crippen LogP contribution in [-0.2, 0) is 9.53 Å². The summed E-state index contributed by atoms with van der Waals surface area (Å²) in [5.41, 5.74) is -0.295. The molecule has 150 valence electrons. The molecule has 10 heteroatoms. The van der Waals surface area contributed by atoms with Crippen molar-refractivity contribution in [2.45, 2.75) is 32.4 Å². The third-order valence-electron chi connectivity index (χ3n) is 3.93. The Hall–Kier alpha value is -1.57. The molecule has 1 aromatic carbocycles. The lowest BCUT2D eigenvalue weighted by Gasteiger charge is -2.41. The molecule has 2 rings (SSSR count). The zero-order valence-electron chi connectivity index (χ0n) is 15.4. The van der Waals surface area contributed by atoms with Gasteiger partial charge in [-0.3, -0.25) is 4.90 Å². The Morgan fingerprint density at radius 2 is 1.81 bits per heavy atom. The van der Waals surface area contributed by atoms with Crippen molar-refractivity contribution in [1.29, 1.82) is 0 Å². The van der Waals surface area contributed by atoms with E-state index in [0.717, 1.165) is 0 Å². The standard InChI is InChI=1S/C17H21Cl3N2O5/c1-17(2,3)27-16(25)22-6-5-21(8-10(22)15(23)24)14-11(26-4)7-9(18)12(19)13(14)20/h7,10H,5-6,8H2,1-4H3,(H,23,24). The molecule has 1 aliphatic rings. The van der Waals surface area contributed by atoms with Gasteiger partial charge in [-0.1, -0.05) is 34.8 Å². The maximum atomic E-state index is 12.4. The minimum absolute atomic E-state index is 0.0113. The average Bonchev–Trinajstić information content (AvgIpc) is 2.57. The fourth-order valence-electron chi connectivity index (χ4n) is 2.75. The van der Waals surface area contributed by atoms with Crippen LogP contribution in [0.1, 0.15) is 20.8 Å². The number of hydrogen-bond donors (Lipinski definition) is 1. The molecule has 1 aromatic rings. The number of carboxylic acids is 1. The predicted molar refractivity (Wildman–Crippen MR) is 105 cm³/mol. The van der Waals surface area contributed by atoms with Crippen LogP contribution in [0.5, 0.6) is 5.75 Å². The van der Waals surface area contributed by atoms with Crippen LogP contribution in [-0.4, -0.2) is 60.5 Å². The van der Waals surface area contributed by atoms with Crippen molar-refractivity contribution < 1.29 is 24.2 Å². The molecule has 1 aliphatic heterocycles. The van der Waals surface area contributed by atoms with E-state index in [1.54, 1.807) is 25.7 Å². The van der Waals surface area contributed by atoms with Gasteiger partial charge in [0.05, 0.1) is 22.2 Å². The minimum atomic E-state index is -1.15. The topological polar surface area (TPSA) is 79.3 Å². The number of anilines is 1. The van der Waals surface area contributed by atoms with Gasteiger partial charge >= 0.3 is 12.1 Å². The van der Waals surface area contributed by atoms with Gasteiger partial charge in [0.25, 0.3) is 0 Å². The number of carbonyl (C=O) groups is 2. The van der Waals surface area contributed by atoms with Gasteiger partial charge < -0.3 is 19.5 Å². The lowest BCUT2D eigenvalue weighted by molar-refractivity contribution is -0.143. The smallest absolute Gasteiger partial charge is 0.411 e. The number of carbonyl (C=O) groups excluding carboxylic acids is 1. The molecule has 1 unspecified atom stereocenters. The number of halogens is 3. The number of nitrogens with zero attached hydrogens (tertiary/aromatic N) is 2. The molecule has 1 atom stereocenters. The third kappa shape index (κ3) is 4.83. The lowest BCUT2D eigenvalue weighted by Crippen LogP contribution is -2.59. The zero-order valence-corrected chi connectivity index (χ0v) is 17.7. The van der Waals surface area contributed by atoms with Gasteiger partial charge in [-0.05, 0) is 20.8 Å². The van der Waals surface area contributed by atoms with Crippen molar-refractivity contribution in [1.82, 2.24) is 4.90 Å². The van der Waals surface area contributed by atoms with Gasteiger partial charge in [-0.2, -0.15) is 0 Å². The molecule has 0 radical (unpaired) electrons. The molecule has 0 aliphatic carbocycles. The Labute approximate surface area is 172 Å². The number of methoxy groups -OCH3 is 1. The second-order valence-electron chi connectivity index (χ2n) is 7.01. The highest BCUT2D eigenvalue weighted by atomic mass is 35.5. The first-order valence-electron chi connectivity index (χ1n) is 8.15. The molecule has 1 N–H and O–H groups in total. The Morgan fingerprint density at radius 3 is 2.33 bits per heavy atom. The van der Waals surface area contributed by atoms with Gasteiger partial charge in [-0.25, -0.2) is 9.59 Å². The van der Waals surface area contributed by atoms with Crippen LogP contribution in [0.4, 0.5) is 10.5 Å². The molecule has 1 amide bonds. The number of aliphatic carboxylic acids is 1. The maximum Gasteiger partial charge on any atom is 0.411 e. The first-order valence-corrected chi connectivity index (χ1v) is 9.28. The fraction of sp³-hybridized carbons (Fsp3) is 0.529. The number of hydrogen-bond acceptors (Lipinski definition) is 5. The maximum absolute atomic E-state index is 12.4. The minimum Gasteiger partial charge on any atom is -0.494 e. The molecule has 1 heterocycles. The van der Waals surface area contributed by atoms with Crippen LogP contribution in [0, 0.1) is 0 Å². The second-order valence-corrected chi connectivity index (χ2v) is 8.17. The summed E-state index contributed by atoms with van der Waals surface area (Å²) < 4.78 is 10.6. The van der Waals surface area contributed by atoms with Crippen LogP contribution < -0.4 is 9.64 Å². The summed E-state index contributed by atoms with van der Waals surface area (Å²) in [6, 6.07) is 0.394. The van der Waals surface area contributed by atoms with Crippen LogP contribution in [0.2, 0.25) is 15.1 Å². The Bertz CT molecular complexity index is 751. The van der Waals surface area contributed by atoms with E-state index in [0.29, 0.717) is 18.0 Å². The van der Waals surface area contributed by atoms with E-state index in [1.807, 2.05) is 0 Å². The molecular formula is C17H21Cl3N2O5. The van der Waals surface area contributed by atoms with Crippen molar-refractivity contribution >= 4 is 52.6 Å². The van der Waals surface area contributed by atoms with Crippen molar-refractivity contribution in [3.8, 4) is 5.75 Å². The number of rotatable bonds is 3. The highest BCUT2D eigenvalue weighted by Gasteiger charge is 2.39. The summed E-state index contributed by atoms with van der Waals surface area (Å²) in [5.74, 6) is -0.787. The van der Waals surface area contributed by atoms with Crippen LogP contribution >= 0.6 is 34.8 Å². The molecule has 0 aromatic heterocycles. The normalized spacial score (nSPS) is 17.7. The quantitative estimate of drug-likeness (QED) is 0.712. The van der Waals surface area contributed by atoms with E-state index in [9.17, 15) is 14.7 Å². The Morgan fingerprint density at radius 1 is 1.19 bits per heavy atom. The highest BCUT2D eigenvalue weighted by molar-refractivity contribution is 6.49. The molecule has 0 spiro atoms. The number of piperazine rings is 1. The van der Waals surface area contributed by atoms with E-state index >= 15 is 0 Å². The Balaban J connectivity index is 2.34. The van der Waals surface area contributed by atoms with E-state index in [1.165, 1.54) is 18.1 Å². The van der Waals surface area contributed by atoms with Crippen LogP contribution in [0.15, 0.2) is 6.07 Å². The van der Waals surface area contributed by atoms with Gasteiger partial charge in [0.2, 0.25) is 0 Å². The molecule has 1 saturated heterocycles. The number of benzene rings is 1. The van der Waals surface area contributed by atoms with Gasteiger partial charge in [-0.15, -0.1) is 0 Å². The fourth-order valence-corrected chi connectivity index (χ4v) is 3.45. The van der Waals surface area contributed by atoms with E-state index < -0.39 is 23.7 Å². The zero-order chi connectivity index (χ0) is 20.5. The first-order chi connectivity index (χ1) is 12.5. The summed E-state index contributed by atoms with van der Waals surface area (Å²) in [7, 11) is 1.45. The molecule has 0 saturated carbocycles. The second kappa shape index (κ2) is 8.20. The molecular weight excluding hydrogens is 419 g/mol. The van der Waals surface area contributed by atoms with E-state index in [2.05, 4.69) is 0 Å². The molecule has 0 bridgehead atoms. The molecule has 1 fully saturated rings. The van der Waals surface area contributed by atoms with Crippen molar-refractivity contribution in [3.05, 3.63) is 21.1 Å².